The molecule has 0 radical (unpaired) electrons. The standard InChI is InChI=1S/C20H23N3O6S/c1-28-17-7-2-14(12-18(17)30(26,27)23-8-10-29-11-9-23)13-19(24)22-16-5-3-15(4-6-16)20(21)25/h2-7,12H,8-11,13H2,1H3,(H2,21,25)(H,22,24). The highest BCUT2D eigenvalue weighted by Gasteiger charge is 2.29. The molecular weight excluding hydrogens is 410 g/mol. The first kappa shape index (κ1) is 21.8. The molecule has 0 spiro atoms. The van der Waals surface area contributed by atoms with Crippen LogP contribution in [-0.2, 0) is 26.0 Å². The Balaban J connectivity index is 1.77. The van der Waals surface area contributed by atoms with Crippen molar-refractivity contribution in [1.82, 2.24) is 4.31 Å². The Labute approximate surface area is 174 Å². The number of carbonyl (C=O) groups is 2. The van der Waals surface area contributed by atoms with Gasteiger partial charge in [0.25, 0.3) is 0 Å². The van der Waals surface area contributed by atoms with Crippen LogP contribution in [0.1, 0.15) is 15.9 Å². The van der Waals surface area contributed by atoms with Gasteiger partial charge in [0.05, 0.1) is 26.7 Å². The number of carbonyl (C=O) groups excluding carboxylic acids is 2. The van der Waals surface area contributed by atoms with E-state index >= 15 is 0 Å². The predicted molar refractivity (Wildman–Crippen MR) is 110 cm³/mol. The lowest BCUT2D eigenvalue weighted by Gasteiger charge is -2.26. The first-order valence-corrected chi connectivity index (χ1v) is 10.7. The third-order valence-corrected chi connectivity index (χ3v) is 6.55. The Kier molecular flexibility index (Phi) is 6.70. The fourth-order valence-corrected chi connectivity index (χ4v) is 4.68. The van der Waals surface area contributed by atoms with Crippen molar-refractivity contribution in [1.29, 1.82) is 0 Å². The number of primary amides is 1. The van der Waals surface area contributed by atoms with Crippen LogP contribution in [0.2, 0.25) is 0 Å². The molecule has 0 aromatic heterocycles. The van der Waals surface area contributed by atoms with Gasteiger partial charge in [-0.15, -0.1) is 0 Å². The molecule has 10 heteroatoms. The summed E-state index contributed by atoms with van der Waals surface area (Å²) in [6, 6.07) is 10.8. The summed E-state index contributed by atoms with van der Waals surface area (Å²) in [5.74, 6) is -0.672. The van der Waals surface area contributed by atoms with Crippen molar-refractivity contribution in [3.8, 4) is 5.75 Å². The monoisotopic (exact) mass is 433 g/mol. The summed E-state index contributed by atoms with van der Waals surface area (Å²) in [7, 11) is -2.38. The summed E-state index contributed by atoms with van der Waals surface area (Å²) in [6.07, 6.45) is -0.0345. The van der Waals surface area contributed by atoms with Crippen molar-refractivity contribution < 1.29 is 27.5 Å². The number of sulfonamides is 1. The van der Waals surface area contributed by atoms with Crippen LogP contribution >= 0.6 is 0 Å². The zero-order valence-electron chi connectivity index (χ0n) is 16.5. The van der Waals surface area contributed by atoms with Crippen molar-refractivity contribution in [3.63, 3.8) is 0 Å². The molecule has 0 saturated carbocycles. The molecule has 1 aliphatic rings. The van der Waals surface area contributed by atoms with Gasteiger partial charge in [-0.2, -0.15) is 4.31 Å². The quantitative estimate of drug-likeness (QED) is 0.670. The average molecular weight is 433 g/mol. The topological polar surface area (TPSA) is 128 Å². The first-order valence-electron chi connectivity index (χ1n) is 9.26. The van der Waals surface area contributed by atoms with Gasteiger partial charge in [-0.3, -0.25) is 9.59 Å². The number of benzene rings is 2. The number of hydrogen-bond acceptors (Lipinski definition) is 6. The lowest BCUT2D eigenvalue weighted by Crippen LogP contribution is -2.40. The van der Waals surface area contributed by atoms with E-state index < -0.39 is 15.9 Å². The van der Waals surface area contributed by atoms with Gasteiger partial charge < -0.3 is 20.5 Å². The summed E-state index contributed by atoms with van der Waals surface area (Å²) in [5.41, 5.74) is 6.55. The number of nitrogens with zero attached hydrogens (tertiary/aromatic N) is 1. The summed E-state index contributed by atoms with van der Waals surface area (Å²) < 4.78 is 37.9. The Bertz CT molecular complexity index is 1030. The molecule has 0 aliphatic carbocycles. The third-order valence-electron chi connectivity index (χ3n) is 4.63. The van der Waals surface area contributed by atoms with E-state index in [-0.39, 0.29) is 36.1 Å². The Morgan fingerprint density at radius 3 is 2.40 bits per heavy atom. The van der Waals surface area contributed by atoms with Crippen LogP contribution in [0, 0.1) is 0 Å². The molecule has 1 fully saturated rings. The number of nitrogens with two attached hydrogens (primary N) is 1. The van der Waals surface area contributed by atoms with Gasteiger partial charge >= 0.3 is 0 Å². The van der Waals surface area contributed by atoms with Gasteiger partial charge in [0.2, 0.25) is 21.8 Å². The molecule has 3 rings (SSSR count). The molecule has 30 heavy (non-hydrogen) atoms. The molecular formula is C20H23N3O6S. The lowest BCUT2D eigenvalue weighted by atomic mass is 10.1. The van der Waals surface area contributed by atoms with Crippen molar-refractivity contribution in [2.45, 2.75) is 11.3 Å². The zero-order valence-corrected chi connectivity index (χ0v) is 17.3. The van der Waals surface area contributed by atoms with E-state index in [4.69, 9.17) is 15.2 Å². The van der Waals surface area contributed by atoms with Crippen molar-refractivity contribution in [2.75, 3.05) is 38.7 Å². The highest BCUT2D eigenvalue weighted by molar-refractivity contribution is 7.89. The van der Waals surface area contributed by atoms with Crippen LogP contribution in [0.4, 0.5) is 5.69 Å². The Hall–Kier alpha value is -2.95. The average Bonchev–Trinajstić information content (AvgIpc) is 2.74. The third kappa shape index (κ3) is 4.96. The number of ether oxygens (including phenoxy) is 2. The lowest BCUT2D eigenvalue weighted by molar-refractivity contribution is -0.115. The fourth-order valence-electron chi connectivity index (χ4n) is 3.07. The highest BCUT2D eigenvalue weighted by atomic mass is 32.2. The SMILES string of the molecule is COc1ccc(CC(=O)Nc2ccc(C(N)=O)cc2)cc1S(=O)(=O)N1CCOCC1. The number of hydrogen-bond donors (Lipinski definition) is 2. The van der Waals surface area contributed by atoms with Gasteiger partial charge in [-0.25, -0.2) is 8.42 Å². The smallest absolute Gasteiger partial charge is 0.248 e. The van der Waals surface area contributed by atoms with E-state index in [2.05, 4.69) is 5.32 Å². The molecule has 1 saturated heterocycles. The van der Waals surface area contributed by atoms with Crippen LogP contribution in [-0.4, -0.2) is 58.0 Å². The van der Waals surface area contributed by atoms with Crippen molar-refractivity contribution in [3.05, 3.63) is 53.6 Å². The Morgan fingerprint density at radius 1 is 1.13 bits per heavy atom. The molecule has 160 valence electrons. The largest absolute Gasteiger partial charge is 0.495 e. The molecule has 0 unspecified atom stereocenters. The molecule has 3 N–H and O–H groups in total. The van der Waals surface area contributed by atoms with E-state index in [1.54, 1.807) is 18.2 Å². The van der Waals surface area contributed by atoms with Crippen LogP contribution in [0.5, 0.6) is 5.75 Å². The molecule has 2 amide bonds. The van der Waals surface area contributed by atoms with Gasteiger partial charge in [0.15, 0.2) is 0 Å². The van der Waals surface area contributed by atoms with Crippen LogP contribution < -0.4 is 15.8 Å². The number of rotatable bonds is 7. The van der Waals surface area contributed by atoms with E-state index in [1.165, 1.54) is 35.7 Å². The highest BCUT2D eigenvalue weighted by Crippen LogP contribution is 2.28. The van der Waals surface area contributed by atoms with Gasteiger partial charge in [0.1, 0.15) is 10.6 Å². The van der Waals surface area contributed by atoms with E-state index in [0.29, 0.717) is 30.0 Å². The summed E-state index contributed by atoms with van der Waals surface area (Å²) >= 11 is 0. The second-order valence-electron chi connectivity index (χ2n) is 6.67. The maximum Gasteiger partial charge on any atom is 0.248 e. The van der Waals surface area contributed by atoms with Gasteiger partial charge in [0, 0.05) is 24.3 Å². The summed E-state index contributed by atoms with van der Waals surface area (Å²) in [6.45, 7) is 1.19. The number of methoxy groups -OCH3 is 1. The number of amides is 2. The molecule has 2 aromatic carbocycles. The molecule has 0 atom stereocenters. The van der Waals surface area contributed by atoms with E-state index in [1.807, 2.05) is 0 Å². The normalized spacial score (nSPS) is 14.8. The molecule has 1 heterocycles. The first-order chi connectivity index (χ1) is 14.3. The van der Waals surface area contributed by atoms with Crippen LogP contribution in [0.3, 0.4) is 0 Å². The minimum absolute atomic E-state index is 0.0167. The summed E-state index contributed by atoms with van der Waals surface area (Å²) in [4.78, 5) is 23.5. The molecule has 1 aliphatic heterocycles. The van der Waals surface area contributed by atoms with Crippen LogP contribution in [0.15, 0.2) is 47.4 Å². The van der Waals surface area contributed by atoms with Crippen LogP contribution in [0.25, 0.3) is 0 Å². The van der Waals surface area contributed by atoms with Gasteiger partial charge in [-0.1, -0.05) is 6.07 Å². The molecule has 2 aromatic rings. The van der Waals surface area contributed by atoms with E-state index in [9.17, 15) is 18.0 Å². The maximum absolute atomic E-state index is 13.0. The number of morpholine rings is 1. The van der Waals surface area contributed by atoms with Crippen molar-refractivity contribution >= 4 is 27.5 Å². The summed E-state index contributed by atoms with van der Waals surface area (Å²) in [5, 5.41) is 2.71. The second kappa shape index (κ2) is 9.24. The Morgan fingerprint density at radius 2 is 1.80 bits per heavy atom. The fraction of sp³-hybridized carbons (Fsp3) is 0.300. The maximum atomic E-state index is 13.0. The molecule has 0 bridgehead atoms. The minimum Gasteiger partial charge on any atom is -0.495 e. The van der Waals surface area contributed by atoms with Crippen molar-refractivity contribution in [2.24, 2.45) is 5.73 Å². The van der Waals surface area contributed by atoms with Gasteiger partial charge in [-0.05, 0) is 42.0 Å². The molecule has 9 nitrogen and oxygen atoms in total. The predicted octanol–water partition coefficient (Wildman–Crippen LogP) is 0.996. The minimum atomic E-state index is -3.78. The zero-order chi connectivity index (χ0) is 21.7. The van der Waals surface area contributed by atoms with E-state index in [0.717, 1.165) is 0 Å². The second-order valence-corrected chi connectivity index (χ2v) is 8.57. The number of nitrogens with one attached hydrogen (secondary N) is 1. The number of anilines is 1.